The van der Waals surface area contributed by atoms with E-state index in [0.717, 1.165) is 12.8 Å². The molecule has 126 valence electrons. The second-order valence-corrected chi connectivity index (χ2v) is 7.21. The summed E-state index contributed by atoms with van der Waals surface area (Å²) in [6, 6.07) is 0.438. The molecule has 0 saturated heterocycles. The molecule has 1 aliphatic carbocycles. The van der Waals surface area contributed by atoms with Crippen LogP contribution in [0.2, 0.25) is 10.6 Å². The van der Waals surface area contributed by atoms with Crippen molar-refractivity contribution in [1.29, 1.82) is 0 Å². The summed E-state index contributed by atoms with van der Waals surface area (Å²) in [4.78, 5) is 11.6. The van der Waals surface area contributed by atoms with Crippen LogP contribution >= 0.6 is 23.2 Å². The number of aromatic nitrogens is 3. The highest BCUT2D eigenvalue weighted by molar-refractivity contribution is 7.85. The zero-order chi connectivity index (χ0) is 16.6. The van der Waals surface area contributed by atoms with Crippen LogP contribution < -0.4 is 5.32 Å². The summed E-state index contributed by atoms with van der Waals surface area (Å²) < 4.78 is 27.6. The van der Waals surface area contributed by atoms with Gasteiger partial charge in [-0.05, 0) is 42.5 Å². The molecule has 7 nitrogen and oxygen atoms in total. The topological polar surface area (TPSA) is 105 Å². The predicted molar refractivity (Wildman–Crippen MR) is 87.0 cm³/mol. The van der Waals surface area contributed by atoms with Gasteiger partial charge < -0.3 is 5.32 Å². The summed E-state index contributed by atoms with van der Waals surface area (Å²) >= 11 is 11.4. The first kappa shape index (κ1) is 19.3. The standard InChI is InChI=1S/C9H12Cl2N4.C3H8O3S/c10-7-13-8(11)15-9(14-7)12-6-4-2-1-3-5-6;1-2-3-7(4,5)6/h6H,1-5H2,(H,12,13,14,15);2-3H2,1H3,(H,4,5,6). The Morgan fingerprint density at radius 2 is 1.68 bits per heavy atom. The van der Waals surface area contributed by atoms with Gasteiger partial charge in [-0.25, -0.2) is 0 Å². The van der Waals surface area contributed by atoms with Crippen LogP contribution in [0.25, 0.3) is 0 Å². The smallest absolute Gasteiger partial charge is 0.264 e. The first-order chi connectivity index (χ1) is 10.3. The highest BCUT2D eigenvalue weighted by atomic mass is 35.5. The van der Waals surface area contributed by atoms with E-state index < -0.39 is 10.1 Å². The molecule has 1 aromatic rings. The zero-order valence-corrected chi connectivity index (χ0v) is 14.6. The molecule has 2 rings (SSSR count). The average Bonchev–Trinajstić information content (AvgIpc) is 2.37. The fourth-order valence-electron chi connectivity index (χ4n) is 2.08. The van der Waals surface area contributed by atoms with E-state index in [1.165, 1.54) is 19.3 Å². The van der Waals surface area contributed by atoms with Crippen molar-refractivity contribution in [2.75, 3.05) is 11.1 Å². The van der Waals surface area contributed by atoms with E-state index in [1.807, 2.05) is 0 Å². The SMILES string of the molecule is CCCS(=O)(=O)O.Clc1nc(Cl)nc(NC2CCCCC2)n1. The predicted octanol–water partition coefficient (Wildman–Crippen LogP) is 3.21. The Balaban J connectivity index is 0.000000295. The van der Waals surface area contributed by atoms with Crippen molar-refractivity contribution in [1.82, 2.24) is 15.0 Å². The second kappa shape index (κ2) is 9.44. The summed E-state index contributed by atoms with van der Waals surface area (Å²) in [5.74, 6) is 0.347. The molecule has 10 heteroatoms. The largest absolute Gasteiger partial charge is 0.351 e. The number of hydrogen-bond donors (Lipinski definition) is 2. The summed E-state index contributed by atoms with van der Waals surface area (Å²) in [5, 5.41) is 3.50. The lowest BCUT2D eigenvalue weighted by atomic mass is 9.96. The molecule has 0 spiro atoms. The molecule has 1 aliphatic rings. The number of nitrogens with one attached hydrogen (secondary N) is 1. The van der Waals surface area contributed by atoms with Crippen LogP contribution in [-0.4, -0.2) is 39.7 Å². The van der Waals surface area contributed by atoms with Crippen molar-refractivity contribution in [3.05, 3.63) is 10.6 Å². The fraction of sp³-hybridized carbons (Fsp3) is 0.750. The Labute approximate surface area is 140 Å². The second-order valence-electron chi connectivity index (χ2n) is 4.96. The molecule has 1 saturated carbocycles. The van der Waals surface area contributed by atoms with Gasteiger partial charge in [0.25, 0.3) is 10.1 Å². The van der Waals surface area contributed by atoms with Crippen LogP contribution in [0, 0.1) is 0 Å². The minimum atomic E-state index is -3.67. The molecule has 1 aromatic heterocycles. The van der Waals surface area contributed by atoms with E-state index in [-0.39, 0.29) is 16.3 Å². The third kappa shape index (κ3) is 8.67. The molecule has 0 aliphatic heterocycles. The molecule has 0 bridgehead atoms. The van der Waals surface area contributed by atoms with Crippen molar-refractivity contribution in [2.24, 2.45) is 0 Å². The summed E-state index contributed by atoms with van der Waals surface area (Å²) in [6.45, 7) is 1.69. The molecular formula is C12H20Cl2N4O3S. The maximum Gasteiger partial charge on any atom is 0.264 e. The lowest BCUT2D eigenvalue weighted by molar-refractivity contribution is 0.460. The summed E-state index contributed by atoms with van der Waals surface area (Å²) in [6.07, 6.45) is 6.60. The van der Waals surface area contributed by atoms with Gasteiger partial charge in [0.15, 0.2) is 0 Å². The van der Waals surface area contributed by atoms with Gasteiger partial charge in [-0.1, -0.05) is 26.2 Å². The molecular weight excluding hydrogens is 351 g/mol. The normalized spacial score (nSPS) is 15.8. The van der Waals surface area contributed by atoms with Gasteiger partial charge in [-0.3, -0.25) is 4.55 Å². The minimum Gasteiger partial charge on any atom is -0.351 e. The number of rotatable bonds is 4. The maximum absolute atomic E-state index is 9.79. The number of anilines is 1. The van der Waals surface area contributed by atoms with Crippen LogP contribution in [-0.2, 0) is 10.1 Å². The van der Waals surface area contributed by atoms with E-state index in [4.69, 9.17) is 27.8 Å². The van der Waals surface area contributed by atoms with Gasteiger partial charge in [0.2, 0.25) is 16.5 Å². The van der Waals surface area contributed by atoms with Crippen molar-refractivity contribution >= 4 is 39.3 Å². The molecule has 0 radical (unpaired) electrons. The average molecular weight is 371 g/mol. The van der Waals surface area contributed by atoms with Gasteiger partial charge in [-0.15, -0.1) is 0 Å². The van der Waals surface area contributed by atoms with Gasteiger partial charge in [0.1, 0.15) is 0 Å². The molecule has 0 unspecified atom stereocenters. The molecule has 0 aromatic carbocycles. The van der Waals surface area contributed by atoms with Crippen molar-refractivity contribution in [2.45, 2.75) is 51.5 Å². The van der Waals surface area contributed by atoms with Crippen molar-refractivity contribution < 1.29 is 13.0 Å². The fourth-order valence-corrected chi connectivity index (χ4v) is 2.96. The van der Waals surface area contributed by atoms with E-state index >= 15 is 0 Å². The molecule has 0 amide bonds. The van der Waals surface area contributed by atoms with Crippen LogP contribution in [0.3, 0.4) is 0 Å². The molecule has 22 heavy (non-hydrogen) atoms. The first-order valence-corrected chi connectivity index (χ1v) is 9.45. The van der Waals surface area contributed by atoms with Gasteiger partial charge in [0, 0.05) is 6.04 Å². The maximum atomic E-state index is 9.79. The Morgan fingerprint density at radius 3 is 2.09 bits per heavy atom. The van der Waals surface area contributed by atoms with E-state index in [2.05, 4.69) is 20.3 Å². The lowest BCUT2D eigenvalue weighted by Gasteiger charge is -2.22. The third-order valence-electron chi connectivity index (χ3n) is 2.98. The van der Waals surface area contributed by atoms with E-state index in [9.17, 15) is 8.42 Å². The first-order valence-electron chi connectivity index (χ1n) is 7.09. The number of nitrogens with zero attached hydrogens (tertiary/aromatic N) is 3. The Kier molecular flexibility index (Phi) is 8.30. The van der Waals surface area contributed by atoms with E-state index in [0.29, 0.717) is 18.4 Å². The molecule has 1 heterocycles. The minimum absolute atomic E-state index is 0.132. The number of halogens is 2. The van der Waals surface area contributed by atoms with Gasteiger partial charge >= 0.3 is 0 Å². The molecule has 1 fully saturated rings. The van der Waals surface area contributed by atoms with Gasteiger partial charge in [-0.2, -0.15) is 23.4 Å². The van der Waals surface area contributed by atoms with E-state index in [1.54, 1.807) is 6.92 Å². The van der Waals surface area contributed by atoms with Crippen LogP contribution in [0.1, 0.15) is 45.4 Å². The van der Waals surface area contributed by atoms with Crippen LogP contribution in [0.4, 0.5) is 5.95 Å². The molecule has 0 atom stereocenters. The highest BCUT2D eigenvalue weighted by Gasteiger charge is 2.14. The van der Waals surface area contributed by atoms with Crippen LogP contribution in [0.5, 0.6) is 0 Å². The Morgan fingerprint density at radius 1 is 1.14 bits per heavy atom. The van der Waals surface area contributed by atoms with Crippen molar-refractivity contribution in [3.8, 4) is 0 Å². The summed E-state index contributed by atoms with van der Waals surface area (Å²) in [7, 11) is -3.67. The highest BCUT2D eigenvalue weighted by Crippen LogP contribution is 2.20. The van der Waals surface area contributed by atoms with Crippen molar-refractivity contribution in [3.63, 3.8) is 0 Å². The number of hydrogen-bond acceptors (Lipinski definition) is 6. The van der Waals surface area contributed by atoms with Crippen LogP contribution in [0.15, 0.2) is 0 Å². The summed E-state index contributed by atoms with van der Waals surface area (Å²) in [5.41, 5.74) is 0. The van der Waals surface area contributed by atoms with Gasteiger partial charge in [0.05, 0.1) is 5.75 Å². The lowest BCUT2D eigenvalue weighted by Crippen LogP contribution is -2.23. The Bertz CT molecular complexity index is 545. The Hall–Kier alpha value is -0.700. The quantitative estimate of drug-likeness (QED) is 0.783. The molecule has 2 N–H and O–H groups in total. The third-order valence-corrected chi connectivity index (χ3v) is 4.24. The zero-order valence-electron chi connectivity index (χ0n) is 12.3. The monoisotopic (exact) mass is 370 g/mol.